The number of halogens is 2. The number of benzene rings is 2. The minimum Gasteiger partial charge on any atom is -0.487 e. The summed E-state index contributed by atoms with van der Waals surface area (Å²) in [6.07, 6.45) is 0.810. The molecule has 3 rings (SSSR count). The van der Waals surface area contributed by atoms with Crippen molar-refractivity contribution in [1.29, 1.82) is 0 Å². The maximum Gasteiger partial charge on any atom is 0.191 e. The van der Waals surface area contributed by atoms with Crippen LogP contribution in [0.3, 0.4) is 0 Å². The van der Waals surface area contributed by atoms with Crippen molar-refractivity contribution in [2.24, 2.45) is 4.99 Å². The summed E-state index contributed by atoms with van der Waals surface area (Å²) in [5.41, 5.74) is 1.45. The first-order valence-corrected chi connectivity index (χ1v) is 8.47. The third kappa shape index (κ3) is 4.87. The minimum absolute atomic E-state index is 0. The Morgan fingerprint density at radius 1 is 1.19 bits per heavy atom. The first-order valence-electron chi connectivity index (χ1n) is 8.47. The number of hydrogen-bond donors (Lipinski definition) is 2. The highest BCUT2D eigenvalue weighted by Gasteiger charge is 2.33. The fraction of sp³-hybridized carbons (Fsp3) is 0.350. The highest BCUT2D eigenvalue weighted by molar-refractivity contribution is 14.0. The molecule has 1 atom stereocenters. The third-order valence-corrected chi connectivity index (χ3v) is 4.32. The van der Waals surface area contributed by atoms with E-state index in [0.717, 1.165) is 17.7 Å². The molecule has 2 aromatic rings. The maximum absolute atomic E-state index is 13.8. The second kappa shape index (κ2) is 8.70. The Morgan fingerprint density at radius 3 is 2.62 bits per heavy atom. The molecule has 1 aliphatic rings. The van der Waals surface area contributed by atoms with Gasteiger partial charge in [-0.15, -0.1) is 24.0 Å². The summed E-state index contributed by atoms with van der Waals surface area (Å²) in [6.45, 7) is 4.53. The molecule has 0 aliphatic carbocycles. The molecule has 140 valence electrons. The molecule has 1 heterocycles. The Labute approximate surface area is 171 Å². The summed E-state index contributed by atoms with van der Waals surface area (Å²) >= 11 is 0. The molecule has 2 N–H and O–H groups in total. The van der Waals surface area contributed by atoms with Gasteiger partial charge in [0.05, 0.1) is 6.04 Å². The lowest BCUT2D eigenvalue weighted by Crippen LogP contribution is -2.45. The molecule has 4 nitrogen and oxygen atoms in total. The molecule has 1 unspecified atom stereocenters. The van der Waals surface area contributed by atoms with E-state index in [4.69, 9.17) is 4.74 Å². The fourth-order valence-electron chi connectivity index (χ4n) is 3.11. The zero-order chi connectivity index (χ0) is 17.9. The van der Waals surface area contributed by atoms with E-state index in [1.165, 1.54) is 6.07 Å². The van der Waals surface area contributed by atoms with Gasteiger partial charge in [0, 0.05) is 31.1 Å². The standard InChI is InChI=1S/C20H24FN3O.HI/c1-20(2)12-17(15-9-5-7-11-18(15)25-20)24-19(22-3)23-13-14-8-4-6-10-16(14)21;/h4-11,17H,12-13H2,1-3H3,(H2,22,23,24);1H. The van der Waals surface area contributed by atoms with Gasteiger partial charge >= 0.3 is 0 Å². The maximum atomic E-state index is 13.8. The number of hydrogen-bond acceptors (Lipinski definition) is 2. The largest absolute Gasteiger partial charge is 0.487 e. The molecule has 0 spiro atoms. The molecule has 0 saturated carbocycles. The summed E-state index contributed by atoms with van der Waals surface area (Å²) in [5, 5.41) is 6.63. The van der Waals surface area contributed by atoms with E-state index in [9.17, 15) is 4.39 Å². The molecule has 6 heteroatoms. The van der Waals surface area contributed by atoms with Crippen LogP contribution >= 0.6 is 24.0 Å². The van der Waals surface area contributed by atoms with E-state index in [2.05, 4.69) is 35.5 Å². The Bertz CT molecular complexity index is 779. The van der Waals surface area contributed by atoms with Crippen molar-refractivity contribution in [3.8, 4) is 5.75 Å². The van der Waals surface area contributed by atoms with Crippen molar-refractivity contribution in [3.05, 3.63) is 65.5 Å². The molecule has 0 amide bonds. The molecule has 0 fully saturated rings. The molecular weight excluding hydrogens is 444 g/mol. The van der Waals surface area contributed by atoms with E-state index < -0.39 is 0 Å². The van der Waals surface area contributed by atoms with Gasteiger partial charge in [-0.3, -0.25) is 4.99 Å². The zero-order valence-electron chi connectivity index (χ0n) is 15.3. The lowest BCUT2D eigenvalue weighted by Gasteiger charge is -2.38. The van der Waals surface area contributed by atoms with Crippen molar-refractivity contribution in [2.45, 2.75) is 38.5 Å². The number of para-hydroxylation sites is 1. The van der Waals surface area contributed by atoms with Gasteiger partial charge in [0.25, 0.3) is 0 Å². The number of nitrogens with one attached hydrogen (secondary N) is 2. The number of aliphatic imine (C=N–C) groups is 1. The Hall–Kier alpha value is -1.83. The lowest BCUT2D eigenvalue weighted by atomic mass is 9.90. The van der Waals surface area contributed by atoms with E-state index in [-0.39, 0.29) is 41.4 Å². The SMILES string of the molecule is CN=C(NCc1ccccc1F)NC1CC(C)(C)Oc2ccccc21.I. The summed E-state index contributed by atoms with van der Waals surface area (Å²) in [6, 6.07) is 14.8. The van der Waals surface area contributed by atoms with Crippen LogP contribution < -0.4 is 15.4 Å². The van der Waals surface area contributed by atoms with Gasteiger partial charge in [0.1, 0.15) is 17.2 Å². The van der Waals surface area contributed by atoms with Crippen LogP contribution in [0.4, 0.5) is 4.39 Å². The van der Waals surface area contributed by atoms with Crippen molar-refractivity contribution in [3.63, 3.8) is 0 Å². The number of fused-ring (bicyclic) bond motifs is 1. The summed E-state index contributed by atoms with van der Waals surface area (Å²) < 4.78 is 19.8. The average molecular weight is 469 g/mol. The Kier molecular flexibility index (Phi) is 6.86. The molecule has 0 saturated heterocycles. The molecule has 0 aromatic heterocycles. The number of ether oxygens (including phenoxy) is 1. The Morgan fingerprint density at radius 2 is 1.88 bits per heavy atom. The number of guanidine groups is 1. The van der Waals surface area contributed by atoms with Gasteiger partial charge in [-0.2, -0.15) is 0 Å². The van der Waals surface area contributed by atoms with Crippen LogP contribution in [0.5, 0.6) is 5.75 Å². The molecule has 0 bridgehead atoms. The zero-order valence-corrected chi connectivity index (χ0v) is 17.6. The van der Waals surface area contributed by atoms with Crippen molar-refractivity contribution in [2.75, 3.05) is 7.05 Å². The topological polar surface area (TPSA) is 45.7 Å². The molecule has 2 aromatic carbocycles. The van der Waals surface area contributed by atoms with Crippen LogP contribution in [0.1, 0.15) is 37.4 Å². The van der Waals surface area contributed by atoms with Gasteiger partial charge in [-0.25, -0.2) is 4.39 Å². The highest BCUT2D eigenvalue weighted by Crippen LogP contribution is 2.39. The fourth-order valence-corrected chi connectivity index (χ4v) is 3.11. The van der Waals surface area contributed by atoms with Crippen LogP contribution in [-0.2, 0) is 6.54 Å². The van der Waals surface area contributed by atoms with Gasteiger partial charge in [-0.05, 0) is 26.0 Å². The van der Waals surface area contributed by atoms with Gasteiger partial charge in [0.15, 0.2) is 5.96 Å². The highest BCUT2D eigenvalue weighted by atomic mass is 127. The predicted octanol–water partition coefficient (Wildman–Crippen LogP) is 4.41. The normalized spacial score (nSPS) is 18.2. The second-order valence-electron chi connectivity index (χ2n) is 6.82. The number of rotatable bonds is 3. The van der Waals surface area contributed by atoms with Gasteiger partial charge in [0.2, 0.25) is 0 Å². The lowest BCUT2D eigenvalue weighted by molar-refractivity contribution is 0.0694. The van der Waals surface area contributed by atoms with E-state index in [1.807, 2.05) is 24.3 Å². The summed E-state index contributed by atoms with van der Waals surface area (Å²) in [7, 11) is 1.72. The van der Waals surface area contributed by atoms with Crippen molar-refractivity contribution < 1.29 is 9.13 Å². The molecule has 1 aliphatic heterocycles. The monoisotopic (exact) mass is 469 g/mol. The average Bonchev–Trinajstić information content (AvgIpc) is 2.58. The van der Waals surface area contributed by atoms with Crippen LogP contribution in [0.15, 0.2) is 53.5 Å². The van der Waals surface area contributed by atoms with Crippen molar-refractivity contribution in [1.82, 2.24) is 10.6 Å². The van der Waals surface area contributed by atoms with Gasteiger partial charge < -0.3 is 15.4 Å². The first kappa shape index (κ1) is 20.5. The van der Waals surface area contributed by atoms with E-state index >= 15 is 0 Å². The quantitative estimate of drug-likeness (QED) is 0.398. The second-order valence-corrected chi connectivity index (χ2v) is 6.82. The van der Waals surface area contributed by atoms with Crippen LogP contribution in [0, 0.1) is 5.82 Å². The molecular formula is C20H25FIN3O. The third-order valence-electron chi connectivity index (χ3n) is 4.32. The van der Waals surface area contributed by atoms with Crippen molar-refractivity contribution >= 4 is 29.9 Å². The number of nitrogens with zero attached hydrogens (tertiary/aromatic N) is 1. The Balaban J connectivity index is 0.00000243. The first-order chi connectivity index (χ1) is 12.0. The summed E-state index contributed by atoms with van der Waals surface area (Å²) in [4.78, 5) is 4.28. The summed E-state index contributed by atoms with van der Waals surface area (Å²) in [5.74, 6) is 1.31. The minimum atomic E-state index is -0.267. The smallest absolute Gasteiger partial charge is 0.191 e. The van der Waals surface area contributed by atoms with Gasteiger partial charge in [-0.1, -0.05) is 36.4 Å². The van der Waals surface area contributed by atoms with E-state index in [0.29, 0.717) is 18.1 Å². The molecule has 0 radical (unpaired) electrons. The predicted molar refractivity (Wildman–Crippen MR) is 114 cm³/mol. The van der Waals surface area contributed by atoms with E-state index in [1.54, 1.807) is 19.2 Å². The van der Waals surface area contributed by atoms with Crippen LogP contribution in [0.25, 0.3) is 0 Å². The van der Waals surface area contributed by atoms with Crippen LogP contribution in [-0.4, -0.2) is 18.6 Å². The molecule has 26 heavy (non-hydrogen) atoms. The van der Waals surface area contributed by atoms with Crippen LogP contribution in [0.2, 0.25) is 0 Å².